The number of allylic oxidation sites excluding steroid dienone is 5. The van der Waals surface area contributed by atoms with E-state index in [0.29, 0.717) is 12.2 Å². The van der Waals surface area contributed by atoms with Crippen molar-refractivity contribution in [2.45, 2.75) is 26.2 Å². The summed E-state index contributed by atoms with van der Waals surface area (Å²) in [4.78, 5) is 21.0. The Morgan fingerprint density at radius 2 is 2.03 bits per heavy atom. The summed E-state index contributed by atoms with van der Waals surface area (Å²) in [6.45, 7) is 12.9. The summed E-state index contributed by atoms with van der Waals surface area (Å²) < 4.78 is 0. The van der Waals surface area contributed by atoms with Gasteiger partial charge in [-0.15, -0.1) is 4.91 Å². The normalized spacial score (nSPS) is 18.3. The van der Waals surface area contributed by atoms with Crippen LogP contribution in [0.2, 0.25) is 0 Å². The summed E-state index contributed by atoms with van der Waals surface area (Å²) in [7, 11) is 2.14. The zero-order valence-corrected chi connectivity index (χ0v) is 18.0. The highest BCUT2D eigenvalue weighted by Crippen LogP contribution is 2.35. The number of amidine groups is 1. The number of nitrogens with zero attached hydrogens (tertiary/aromatic N) is 4. The van der Waals surface area contributed by atoms with Crippen LogP contribution < -0.4 is 0 Å². The molecule has 5 nitrogen and oxygen atoms in total. The quantitative estimate of drug-likeness (QED) is 0.433. The van der Waals surface area contributed by atoms with Gasteiger partial charge in [0.1, 0.15) is 11.5 Å². The van der Waals surface area contributed by atoms with Crippen molar-refractivity contribution in [2.24, 2.45) is 10.2 Å². The van der Waals surface area contributed by atoms with Crippen molar-refractivity contribution in [3.8, 4) is 0 Å². The molecule has 0 bridgehead atoms. The molecule has 0 fully saturated rings. The van der Waals surface area contributed by atoms with Crippen LogP contribution >= 0.6 is 0 Å². The smallest absolute Gasteiger partial charge is 0.142 e. The van der Waals surface area contributed by atoms with Gasteiger partial charge in [-0.25, -0.2) is 4.99 Å². The summed E-state index contributed by atoms with van der Waals surface area (Å²) in [6.07, 6.45) is 10.6. The van der Waals surface area contributed by atoms with Crippen LogP contribution in [0.1, 0.15) is 31.7 Å². The van der Waals surface area contributed by atoms with Gasteiger partial charge in [0.05, 0.1) is 0 Å². The molecule has 0 amide bonds. The van der Waals surface area contributed by atoms with Gasteiger partial charge in [-0.3, -0.25) is 0 Å². The average Bonchev–Trinajstić information content (AvgIpc) is 2.94. The number of benzene rings is 1. The van der Waals surface area contributed by atoms with Gasteiger partial charge in [-0.05, 0) is 55.3 Å². The molecule has 2 aliphatic heterocycles. The van der Waals surface area contributed by atoms with Crippen LogP contribution in [0.15, 0.2) is 94.4 Å². The standard InChI is InChI=1S/C25H30N4O/c1-5-9-20(10-6-2)13-18-29-19(3)21-14-16-28(4)17-15-23(21)26-25(29)22-11-7-8-12-24(22)27-30/h5-12H,1,3,13-18H2,2,4H3/b10-6-,20-9+. The van der Waals surface area contributed by atoms with Crippen molar-refractivity contribution in [1.29, 1.82) is 0 Å². The van der Waals surface area contributed by atoms with Crippen molar-refractivity contribution in [3.63, 3.8) is 0 Å². The van der Waals surface area contributed by atoms with Gasteiger partial charge in [0.2, 0.25) is 0 Å². The third-order valence-corrected chi connectivity index (χ3v) is 5.57. The predicted octanol–water partition coefficient (Wildman–Crippen LogP) is 5.72. The molecule has 0 aliphatic carbocycles. The first kappa shape index (κ1) is 21.7. The number of aliphatic imine (C=N–C) groups is 1. The molecule has 0 aromatic heterocycles. The molecule has 5 heteroatoms. The second-order valence-corrected chi connectivity index (χ2v) is 7.60. The first-order valence-electron chi connectivity index (χ1n) is 10.4. The summed E-state index contributed by atoms with van der Waals surface area (Å²) in [6, 6.07) is 7.39. The van der Waals surface area contributed by atoms with Gasteiger partial charge in [0, 0.05) is 43.0 Å². The lowest BCUT2D eigenvalue weighted by Gasteiger charge is -2.34. The van der Waals surface area contributed by atoms with Crippen LogP contribution in [-0.4, -0.2) is 42.3 Å². The van der Waals surface area contributed by atoms with E-state index < -0.39 is 0 Å². The molecular formula is C25H30N4O. The third-order valence-electron chi connectivity index (χ3n) is 5.57. The molecule has 0 spiro atoms. The van der Waals surface area contributed by atoms with E-state index in [9.17, 15) is 4.91 Å². The van der Waals surface area contributed by atoms with Gasteiger partial charge in [0.25, 0.3) is 0 Å². The fourth-order valence-electron chi connectivity index (χ4n) is 3.94. The zero-order valence-electron chi connectivity index (χ0n) is 18.0. The number of hydrogen-bond donors (Lipinski definition) is 0. The molecule has 2 heterocycles. The van der Waals surface area contributed by atoms with E-state index >= 15 is 0 Å². The van der Waals surface area contributed by atoms with E-state index in [-0.39, 0.29) is 0 Å². The Hall–Kier alpha value is -3.05. The highest BCUT2D eigenvalue weighted by atomic mass is 16.3. The molecule has 156 valence electrons. The lowest BCUT2D eigenvalue weighted by Crippen LogP contribution is -2.35. The SMILES string of the molecule is C=C/C=C(\C=C/C)CCN1C(=C)C2=C(CCN(C)CC2)N=C1c1ccccc1N=O. The van der Waals surface area contributed by atoms with E-state index in [0.717, 1.165) is 55.1 Å². The largest absolute Gasteiger partial charge is 0.326 e. The summed E-state index contributed by atoms with van der Waals surface area (Å²) in [5.74, 6) is 0.761. The molecule has 2 aliphatic rings. The Kier molecular flexibility index (Phi) is 7.31. The summed E-state index contributed by atoms with van der Waals surface area (Å²) in [5.41, 5.74) is 5.61. The van der Waals surface area contributed by atoms with Gasteiger partial charge in [-0.2, -0.15) is 0 Å². The number of hydrogen-bond acceptors (Lipinski definition) is 5. The van der Waals surface area contributed by atoms with Crippen LogP contribution in [-0.2, 0) is 0 Å². The fraction of sp³-hybridized carbons (Fsp3) is 0.320. The Balaban J connectivity index is 2.02. The summed E-state index contributed by atoms with van der Waals surface area (Å²) in [5, 5.41) is 3.25. The van der Waals surface area contributed by atoms with E-state index in [1.807, 2.05) is 43.4 Å². The van der Waals surface area contributed by atoms with Gasteiger partial charge < -0.3 is 9.80 Å². The minimum Gasteiger partial charge on any atom is -0.326 e. The van der Waals surface area contributed by atoms with Crippen LogP contribution in [0, 0.1) is 4.91 Å². The highest BCUT2D eigenvalue weighted by molar-refractivity contribution is 6.05. The fourth-order valence-corrected chi connectivity index (χ4v) is 3.94. The number of rotatable bonds is 7. The Morgan fingerprint density at radius 3 is 2.77 bits per heavy atom. The maximum absolute atomic E-state index is 11.5. The van der Waals surface area contributed by atoms with Crippen molar-refractivity contribution in [1.82, 2.24) is 9.80 Å². The van der Waals surface area contributed by atoms with Crippen molar-refractivity contribution >= 4 is 11.5 Å². The Bertz CT molecular complexity index is 952. The lowest BCUT2D eigenvalue weighted by atomic mass is 10.00. The maximum atomic E-state index is 11.5. The van der Waals surface area contributed by atoms with E-state index in [2.05, 4.69) is 41.3 Å². The second-order valence-electron chi connectivity index (χ2n) is 7.60. The Labute approximate surface area is 179 Å². The highest BCUT2D eigenvalue weighted by Gasteiger charge is 2.29. The van der Waals surface area contributed by atoms with Crippen molar-refractivity contribution in [2.75, 3.05) is 26.7 Å². The molecule has 0 saturated heterocycles. The minimum atomic E-state index is 0.402. The first-order chi connectivity index (χ1) is 14.6. The molecule has 0 radical (unpaired) electrons. The van der Waals surface area contributed by atoms with Gasteiger partial charge >= 0.3 is 0 Å². The zero-order chi connectivity index (χ0) is 21.5. The monoisotopic (exact) mass is 402 g/mol. The van der Waals surface area contributed by atoms with E-state index in [4.69, 9.17) is 4.99 Å². The van der Waals surface area contributed by atoms with E-state index in [1.54, 1.807) is 6.07 Å². The second kappa shape index (κ2) is 10.1. The third kappa shape index (κ3) is 4.74. The van der Waals surface area contributed by atoms with Crippen molar-refractivity contribution < 1.29 is 0 Å². The van der Waals surface area contributed by atoms with Gasteiger partial charge in [0.15, 0.2) is 0 Å². The van der Waals surface area contributed by atoms with Crippen LogP contribution in [0.3, 0.4) is 0 Å². The molecule has 3 rings (SSSR count). The molecule has 0 unspecified atom stereocenters. The van der Waals surface area contributed by atoms with Crippen LogP contribution in [0.5, 0.6) is 0 Å². The van der Waals surface area contributed by atoms with Gasteiger partial charge in [-0.1, -0.05) is 49.6 Å². The average molecular weight is 403 g/mol. The van der Waals surface area contributed by atoms with Crippen molar-refractivity contribution in [3.05, 3.63) is 94.7 Å². The predicted molar refractivity (Wildman–Crippen MR) is 126 cm³/mol. The van der Waals surface area contributed by atoms with Crippen LogP contribution in [0.25, 0.3) is 0 Å². The molecule has 0 atom stereocenters. The maximum Gasteiger partial charge on any atom is 0.142 e. The molecule has 30 heavy (non-hydrogen) atoms. The first-order valence-corrected chi connectivity index (χ1v) is 10.4. The Morgan fingerprint density at radius 1 is 1.27 bits per heavy atom. The molecule has 1 aromatic rings. The molecule has 0 N–H and O–H groups in total. The molecular weight excluding hydrogens is 372 g/mol. The van der Waals surface area contributed by atoms with E-state index in [1.165, 1.54) is 11.1 Å². The van der Waals surface area contributed by atoms with Crippen LogP contribution in [0.4, 0.5) is 5.69 Å². The lowest BCUT2D eigenvalue weighted by molar-refractivity contribution is 0.351. The topological polar surface area (TPSA) is 48.3 Å². The number of nitroso groups, excluding NO2 is 1. The molecule has 0 saturated carbocycles. The summed E-state index contributed by atoms with van der Waals surface area (Å²) >= 11 is 0. The molecule has 1 aromatic carbocycles. The minimum absolute atomic E-state index is 0.402.